The first kappa shape index (κ1) is 23.6. The Hall–Kier alpha value is -3.05. The molecule has 1 aromatic carbocycles. The fourth-order valence-electron chi connectivity index (χ4n) is 3.70. The smallest absolute Gasteiger partial charge is 0.274 e. The third kappa shape index (κ3) is 5.05. The molecule has 2 aromatic rings. The molecule has 1 aromatic heterocycles. The van der Waals surface area contributed by atoms with Crippen molar-refractivity contribution in [3.63, 3.8) is 0 Å². The molecule has 0 radical (unpaired) electrons. The van der Waals surface area contributed by atoms with Gasteiger partial charge in [-0.05, 0) is 55.3 Å². The minimum atomic E-state index is -0.0553. The molecule has 32 heavy (non-hydrogen) atoms. The van der Waals surface area contributed by atoms with Gasteiger partial charge in [-0.25, -0.2) is 4.98 Å². The van der Waals surface area contributed by atoms with E-state index in [0.717, 1.165) is 29.8 Å². The zero-order valence-corrected chi connectivity index (χ0v) is 20.1. The Morgan fingerprint density at radius 1 is 1.28 bits per heavy atom. The number of nitrogens with zero attached hydrogens (tertiary/aromatic N) is 4. The topological polar surface area (TPSA) is 41.4 Å². The van der Waals surface area contributed by atoms with Crippen molar-refractivity contribution in [2.75, 3.05) is 25.5 Å². The maximum absolute atomic E-state index is 13.6. The van der Waals surface area contributed by atoms with Gasteiger partial charge in [0.25, 0.3) is 5.91 Å². The highest BCUT2D eigenvalue weighted by molar-refractivity contribution is 6.31. The van der Waals surface area contributed by atoms with Crippen LogP contribution in [0.25, 0.3) is 11.4 Å². The molecule has 0 spiro atoms. The SMILES string of the molecule is C=CN(C)c1nc(-c2ccc(Cl)c(C)c2)n(CC2=CC=CC=CC2)c1C(=O)N(C)CCC. The van der Waals surface area contributed by atoms with Crippen LogP contribution in [0, 0.1) is 6.92 Å². The molecule has 0 saturated carbocycles. The lowest BCUT2D eigenvalue weighted by Crippen LogP contribution is -2.31. The van der Waals surface area contributed by atoms with E-state index in [0.29, 0.717) is 29.6 Å². The number of carbonyl (C=O) groups excluding carboxylic acids is 1. The zero-order chi connectivity index (χ0) is 23.3. The molecule has 0 saturated heterocycles. The molecule has 0 N–H and O–H groups in total. The monoisotopic (exact) mass is 450 g/mol. The van der Waals surface area contributed by atoms with E-state index in [2.05, 4.69) is 25.7 Å². The first-order valence-electron chi connectivity index (χ1n) is 10.9. The summed E-state index contributed by atoms with van der Waals surface area (Å²) in [6.45, 7) is 9.16. The van der Waals surface area contributed by atoms with Gasteiger partial charge in [-0.2, -0.15) is 0 Å². The molecule has 168 valence electrons. The van der Waals surface area contributed by atoms with E-state index in [9.17, 15) is 4.79 Å². The van der Waals surface area contributed by atoms with Crippen molar-refractivity contribution in [1.82, 2.24) is 14.5 Å². The molecule has 0 bridgehead atoms. The molecule has 1 aliphatic rings. The van der Waals surface area contributed by atoms with Crippen molar-refractivity contribution in [2.45, 2.75) is 33.2 Å². The van der Waals surface area contributed by atoms with Crippen LogP contribution >= 0.6 is 11.6 Å². The first-order valence-corrected chi connectivity index (χ1v) is 11.2. The average molecular weight is 451 g/mol. The van der Waals surface area contributed by atoms with Crippen LogP contribution in [0.3, 0.4) is 0 Å². The van der Waals surface area contributed by atoms with Gasteiger partial charge in [-0.15, -0.1) is 0 Å². The lowest BCUT2D eigenvalue weighted by Gasteiger charge is -2.21. The van der Waals surface area contributed by atoms with Gasteiger partial charge in [0.1, 0.15) is 5.82 Å². The molecule has 0 fully saturated rings. The number of amides is 1. The molecule has 3 rings (SSSR count). The third-order valence-electron chi connectivity index (χ3n) is 5.51. The van der Waals surface area contributed by atoms with Crippen molar-refractivity contribution in [2.24, 2.45) is 0 Å². The highest BCUT2D eigenvalue weighted by Gasteiger charge is 2.28. The number of hydrogen-bond acceptors (Lipinski definition) is 3. The average Bonchev–Trinajstić information content (AvgIpc) is 2.95. The maximum Gasteiger partial charge on any atom is 0.274 e. The van der Waals surface area contributed by atoms with Crippen LogP contribution in [0.15, 0.2) is 66.9 Å². The van der Waals surface area contributed by atoms with E-state index in [1.807, 2.05) is 62.0 Å². The predicted octanol–water partition coefficient (Wildman–Crippen LogP) is 6.02. The Kier molecular flexibility index (Phi) is 7.75. The van der Waals surface area contributed by atoms with Crippen LogP contribution in [0.4, 0.5) is 5.82 Å². The van der Waals surface area contributed by atoms with E-state index in [1.165, 1.54) is 5.57 Å². The van der Waals surface area contributed by atoms with Gasteiger partial charge in [0.15, 0.2) is 11.5 Å². The molecule has 1 heterocycles. The van der Waals surface area contributed by atoms with Crippen molar-refractivity contribution in [3.8, 4) is 11.4 Å². The number of aryl methyl sites for hydroxylation is 1. The highest BCUT2D eigenvalue weighted by Crippen LogP contribution is 2.32. The second-order valence-corrected chi connectivity index (χ2v) is 8.43. The summed E-state index contributed by atoms with van der Waals surface area (Å²) in [5.41, 5.74) is 3.64. The van der Waals surface area contributed by atoms with Crippen LogP contribution in [-0.2, 0) is 6.54 Å². The van der Waals surface area contributed by atoms with Gasteiger partial charge < -0.3 is 14.4 Å². The van der Waals surface area contributed by atoms with Crippen LogP contribution < -0.4 is 4.90 Å². The summed E-state index contributed by atoms with van der Waals surface area (Å²) >= 11 is 6.28. The summed E-state index contributed by atoms with van der Waals surface area (Å²) in [4.78, 5) is 22.1. The standard InChI is InChI=1S/C26H31ClN4O/c1-6-16-30(5)26(32)23-25(29(4)7-2)28-24(21-14-15-22(27)19(3)17-21)31(23)18-20-12-10-8-9-11-13-20/h7-12,14-15,17H,2,6,13,16,18H2,1,3-5H3. The number of carbonyl (C=O) groups is 1. The molecule has 5 nitrogen and oxygen atoms in total. The zero-order valence-electron chi connectivity index (χ0n) is 19.3. The van der Waals surface area contributed by atoms with E-state index in [4.69, 9.17) is 16.6 Å². The van der Waals surface area contributed by atoms with Gasteiger partial charge in [0, 0.05) is 37.8 Å². The summed E-state index contributed by atoms with van der Waals surface area (Å²) in [5, 5.41) is 0.705. The molecule has 0 unspecified atom stereocenters. The highest BCUT2D eigenvalue weighted by atomic mass is 35.5. The van der Waals surface area contributed by atoms with Gasteiger partial charge in [-0.1, -0.05) is 55.5 Å². The van der Waals surface area contributed by atoms with Gasteiger partial charge in [0.05, 0.1) is 0 Å². The number of hydrogen-bond donors (Lipinski definition) is 0. The van der Waals surface area contributed by atoms with Crippen molar-refractivity contribution >= 4 is 23.3 Å². The molecule has 0 atom stereocenters. The second kappa shape index (κ2) is 10.5. The van der Waals surface area contributed by atoms with E-state index in [-0.39, 0.29) is 5.91 Å². The Labute approximate surface area is 196 Å². The number of anilines is 1. The second-order valence-electron chi connectivity index (χ2n) is 8.02. The molecule has 0 aliphatic heterocycles. The quantitative estimate of drug-likeness (QED) is 0.494. The summed E-state index contributed by atoms with van der Waals surface area (Å²) in [6.07, 6.45) is 13.7. The van der Waals surface area contributed by atoms with E-state index < -0.39 is 0 Å². The van der Waals surface area contributed by atoms with Crippen molar-refractivity contribution in [3.05, 3.63) is 83.2 Å². The van der Waals surface area contributed by atoms with Crippen molar-refractivity contribution in [1.29, 1.82) is 0 Å². The maximum atomic E-state index is 13.6. The van der Waals surface area contributed by atoms with Gasteiger partial charge in [-0.3, -0.25) is 4.79 Å². The number of aromatic nitrogens is 2. The van der Waals surface area contributed by atoms with Gasteiger partial charge in [0.2, 0.25) is 0 Å². The van der Waals surface area contributed by atoms with Crippen LogP contribution in [0.2, 0.25) is 5.02 Å². The summed E-state index contributed by atoms with van der Waals surface area (Å²) in [6, 6.07) is 5.85. The largest absolute Gasteiger partial charge is 0.340 e. The van der Waals surface area contributed by atoms with Gasteiger partial charge >= 0.3 is 0 Å². The van der Waals surface area contributed by atoms with Crippen LogP contribution in [0.5, 0.6) is 0 Å². The lowest BCUT2D eigenvalue weighted by molar-refractivity contribution is 0.0786. The normalized spacial score (nSPS) is 13.0. The predicted molar refractivity (Wildman–Crippen MR) is 134 cm³/mol. The minimum absolute atomic E-state index is 0.0553. The van der Waals surface area contributed by atoms with Crippen LogP contribution in [-0.4, -0.2) is 41.0 Å². The number of imidazole rings is 1. The number of allylic oxidation sites excluding steroid dienone is 6. The summed E-state index contributed by atoms with van der Waals surface area (Å²) < 4.78 is 2.03. The molecular formula is C26H31ClN4O. The number of rotatable bonds is 8. The van der Waals surface area contributed by atoms with E-state index >= 15 is 0 Å². The Morgan fingerprint density at radius 2 is 2.06 bits per heavy atom. The van der Waals surface area contributed by atoms with E-state index in [1.54, 1.807) is 16.0 Å². The minimum Gasteiger partial charge on any atom is -0.340 e. The summed E-state index contributed by atoms with van der Waals surface area (Å²) in [5.74, 6) is 1.27. The third-order valence-corrected chi connectivity index (χ3v) is 5.94. The first-order chi connectivity index (χ1) is 15.4. The molecule has 1 aliphatic carbocycles. The van der Waals surface area contributed by atoms with Crippen molar-refractivity contribution < 1.29 is 4.79 Å². The lowest BCUT2D eigenvalue weighted by atomic mass is 10.1. The Morgan fingerprint density at radius 3 is 2.75 bits per heavy atom. The Balaban J connectivity index is 2.24. The fraction of sp³-hybridized carbons (Fsp3) is 0.308. The Bertz CT molecular complexity index is 1090. The fourth-order valence-corrected chi connectivity index (χ4v) is 3.82. The summed E-state index contributed by atoms with van der Waals surface area (Å²) in [7, 11) is 3.70. The molecule has 6 heteroatoms. The number of benzene rings is 1. The van der Waals surface area contributed by atoms with Crippen LogP contribution in [0.1, 0.15) is 35.8 Å². The molecular weight excluding hydrogens is 420 g/mol. The number of halogens is 1. The molecule has 1 amide bonds.